The van der Waals surface area contributed by atoms with Crippen molar-refractivity contribution in [3.05, 3.63) is 35.1 Å². The van der Waals surface area contributed by atoms with Gasteiger partial charge < -0.3 is 5.11 Å². The minimum Gasteiger partial charge on any atom is -0.385 e. The van der Waals surface area contributed by atoms with Crippen LogP contribution in [0.1, 0.15) is 30.9 Å². The van der Waals surface area contributed by atoms with Crippen molar-refractivity contribution >= 4 is 0 Å². The molecule has 0 amide bonds. The quantitative estimate of drug-likeness (QED) is 0.767. The van der Waals surface area contributed by atoms with Crippen molar-refractivity contribution < 1.29 is 9.50 Å². The second-order valence-corrected chi connectivity index (χ2v) is 4.39. The minimum absolute atomic E-state index is 0.208. The molecule has 1 aromatic carbocycles. The van der Waals surface area contributed by atoms with Crippen molar-refractivity contribution in [2.45, 2.75) is 32.3 Å². The molecule has 0 bridgehead atoms. The summed E-state index contributed by atoms with van der Waals surface area (Å²) in [6.07, 6.45) is 2.15. The number of aliphatic hydroxyl groups is 1. The van der Waals surface area contributed by atoms with Crippen molar-refractivity contribution in [3.8, 4) is 0 Å². The van der Waals surface area contributed by atoms with E-state index in [2.05, 4.69) is 0 Å². The van der Waals surface area contributed by atoms with Crippen LogP contribution in [-0.2, 0) is 5.60 Å². The number of rotatable bonds is 2. The summed E-state index contributed by atoms with van der Waals surface area (Å²) in [6, 6.07) is 4.86. The molecule has 1 unspecified atom stereocenters. The highest BCUT2D eigenvalue weighted by Crippen LogP contribution is 2.45. The van der Waals surface area contributed by atoms with Crippen LogP contribution < -0.4 is 0 Å². The van der Waals surface area contributed by atoms with E-state index in [1.165, 1.54) is 6.07 Å². The van der Waals surface area contributed by atoms with Crippen LogP contribution in [0.2, 0.25) is 0 Å². The van der Waals surface area contributed by atoms with Crippen molar-refractivity contribution in [3.63, 3.8) is 0 Å². The molecule has 76 valence electrons. The summed E-state index contributed by atoms with van der Waals surface area (Å²) in [5.74, 6) is 0.146. The van der Waals surface area contributed by atoms with Gasteiger partial charge in [0, 0.05) is 0 Å². The van der Waals surface area contributed by atoms with Crippen LogP contribution in [0, 0.1) is 18.7 Å². The molecule has 0 aliphatic heterocycles. The molecule has 0 spiro atoms. The van der Waals surface area contributed by atoms with Gasteiger partial charge in [0.25, 0.3) is 0 Å². The predicted octanol–water partition coefficient (Wildman–Crippen LogP) is 2.75. The highest BCUT2D eigenvalue weighted by atomic mass is 19.1. The maximum Gasteiger partial charge on any atom is 0.126 e. The predicted molar refractivity (Wildman–Crippen MR) is 53.4 cm³/mol. The monoisotopic (exact) mass is 194 g/mol. The molecule has 1 saturated carbocycles. The number of hydrogen-bond acceptors (Lipinski definition) is 1. The van der Waals surface area contributed by atoms with Crippen molar-refractivity contribution in [1.82, 2.24) is 0 Å². The molecule has 1 aliphatic rings. The fourth-order valence-corrected chi connectivity index (χ4v) is 1.84. The summed E-state index contributed by atoms with van der Waals surface area (Å²) in [7, 11) is 0. The molecule has 1 atom stereocenters. The Morgan fingerprint density at radius 2 is 2.07 bits per heavy atom. The van der Waals surface area contributed by atoms with E-state index >= 15 is 0 Å². The Hall–Kier alpha value is -0.890. The van der Waals surface area contributed by atoms with E-state index in [1.54, 1.807) is 19.1 Å². The van der Waals surface area contributed by atoms with Gasteiger partial charge >= 0.3 is 0 Å². The second-order valence-electron chi connectivity index (χ2n) is 4.39. The molecule has 0 heterocycles. The topological polar surface area (TPSA) is 20.2 Å². The first-order chi connectivity index (χ1) is 6.51. The van der Waals surface area contributed by atoms with Gasteiger partial charge in [-0.3, -0.25) is 0 Å². The average Bonchev–Trinajstić information content (AvgIpc) is 2.92. The zero-order valence-electron chi connectivity index (χ0n) is 8.55. The summed E-state index contributed by atoms with van der Waals surface area (Å²) in [5, 5.41) is 10.2. The Bertz CT molecular complexity index is 353. The fourth-order valence-electron chi connectivity index (χ4n) is 1.84. The van der Waals surface area contributed by atoms with E-state index in [0.29, 0.717) is 11.5 Å². The van der Waals surface area contributed by atoms with Crippen LogP contribution in [0.25, 0.3) is 0 Å². The van der Waals surface area contributed by atoms with Gasteiger partial charge in [0.15, 0.2) is 0 Å². The Morgan fingerprint density at radius 1 is 1.43 bits per heavy atom. The van der Waals surface area contributed by atoms with Gasteiger partial charge in [-0.2, -0.15) is 0 Å². The largest absolute Gasteiger partial charge is 0.385 e. The first kappa shape index (κ1) is 9.66. The van der Waals surface area contributed by atoms with Crippen LogP contribution in [0.5, 0.6) is 0 Å². The molecule has 2 heteroatoms. The number of benzene rings is 1. The summed E-state index contributed by atoms with van der Waals surface area (Å²) >= 11 is 0. The minimum atomic E-state index is -0.779. The van der Waals surface area contributed by atoms with Gasteiger partial charge in [-0.15, -0.1) is 0 Å². The Kier molecular flexibility index (Phi) is 2.11. The molecule has 1 aromatic rings. The summed E-state index contributed by atoms with van der Waals surface area (Å²) < 4.78 is 13.0. The molecule has 0 radical (unpaired) electrons. The second kappa shape index (κ2) is 3.06. The zero-order valence-corrected chi connectivity index (χ0v) is 8.55. The smallest absolute Gasteiger partial charge is 0.126 e. The van der Waals surface area contributed by atoms with Gasteiger partial charge in [0.2, 0.25) is 0 Å². The molecular weight excluding hydrogens is 179 g/mol. The highest BCUT2D eigenvalue weighted by Gasteiger charge is 2.41. The molecule has 1 fully saturated rings. The van der Waals surface area contributed by atoms with Crippen molar-refractivity contribution in [2.75, 3.05) is 0 Å². The molecule has 2 rings (SSSR count). The van der Waals surface area contributed by atoms with E-state index in [4.69, 9.17) is 0 Å². The van der Waals surface area contributed by atoms with E-state index in [-0.39, 0.29) is 5.82 Å². The lowest BCUT2D eigenvalue weighted by Crippen LogP contribution is -2.23. The van der Waals surface area contributed by atoms with Gasteiger partial charge in [-0.05, 0) is 49.8 Å². The maximum atomic E-state index is 13.0. The molecule has 1 N–H and O–H groups in total. The fraction of sp³-hybridized carbons (Fsp3) is 0.500. The number of aryl methyl sites for hydroxylation is 1. The van der Waals surface area contributed by atoms with Gasteiger partial charge in [-0.1, -0.05) is 12.1 Å². The van der Waals surface area contributed by atoms with Gasteiger partial charge in [0.1, 0.15) is 5.82 Å². The van der Waals surface area contributed by atoms with E-state index in [1.807, 2.05) is 6.92 Å². The molecule has 1 aliphatic carbocycles. The van der Waals surface area contributed by atoms with Gasteiger partial charge in [-0.25, -0.2) is 4.39 Å². The van der Waals surface area contributed by atoms with E-state index < -0.39 is 5.60 Å². The molecule has 0 saturated heterocycles. The van der Waals surface area contributed by atoms with Crippen LogP contribution in [0.15, 0.2) is 18.2 Å². The first-order valence-corrected chi connectivity index (χ1v) is 5.01. The molecule has 1 nitrogen and oxygen atoms in total. The third kappa shape index (κ3) is 1.55. The normalized spacial score (nSPS) is 20.6. The Labute approximate surface area is 83.6 Å². The zero-order chi connectivity index (χ0) is 10.3. The lowest BCUT2D eigenvalue weighted by molar-refractivity contribution is 0.0329. The Morgan fingerprint density at radius 3 is 2.57 bits per heavy atom. The molecule has 14 heavy (non-hydrogen) atoms. The van der Waals surface area contributed by atoms with Crippen LogP contribution in [-0.4, -0.2) is 5.11 Å². The molecular formula is C12H15FO. The number of hydrogen-bond donors (Lipinski definition) is 1. The van der Waals surface area contributed by atoms with Crippen molar-refractivity contribution in [2.24, 2.45) is 5.92 Å². The maximum absolute atomic E-state index is 13.0. The first-order valence-electron chi connectivity index (χ1n) is 5.01. The summed E-state index contributed by atoms with van der Waals surface area (Å²) in [5.41, 5.74) is 0.653. The van der Waals surface area contributed by atoms with Crippen molar-refractivity contribution in [1.29, 1.82) is 0 Å². The summed E-state index contributed by atoms with van der Waals surface area (Å²) in [6.45, 7) is 3.54. The van der Waals surface area contributed by atoms with Crippen LogP contribution >= 0.6 is 0 Å². The van der Waals surface area contributed by atoms with Crippen LogP contribution in [0.4, 0.5) is 4.39 Å². The molecule has 0 aromatic heterocycles. The highest BCUT2D eigenvalue weighted by molar-refractivity contribution is 5.29. The summed E-state index contributed by atoms with van der Waals surface area (Å²) in [4.78, 5) is 0. The lowest BCUT2D eigenvalue weighted by Gasteiger charge is -2.24. The SMILES string of the molecule is Cc1cc(C(C)(O)C2CC2)ccc1F. The van der Waals surface area contributed by atoms with E-state index in [9.17, 15) is 9.50 Å². The standard InChI is InChI=1S/C12H15FO/c1-8-7-10(5-6-11(8)13)12(2,14)9-3-4-9/h5-7,9,14H,3-4H2,1-2H3. The number of halogens is 1. The lowest BCUT2D eigenvalue weighted by atomic mass is 9.90. The van der Waals surface area contributed by atoms with Crippen LogP contribution in [0.3, 0.4) is 0 Å². The Balaban J connectivity index is 2.36. The van der Waals surface area contributed by atoms with Gasteiger partial charge in [0.05, 0.1) is 5.60 Å². The third-order valence-corrected chi connectivity index (χ3v) is 3.11. The van der Waals surface area contributed by atoms with E-state index in [0.717, 1.165) is 18.4 Å². The average molecular weight is 194 g/mol. The third-order valence-electron chi connectivity index (χ3n) is 3.11.